The number of amides is 2. The van der Waals surface area contributed by atoms with Crippen LogP contribution in [0, 0.1) is 20.8 Å². The zero-order valence-corrected chi connectivity index (χ0v) is 20.7. The van der Waals surface area contributed by atoms with Crippen LogP contribution in [0.3, 0.4) is 0 Å². The minimum absolute atomic E-state index is 0.131. The van der Waals surface area contributed by atoms with Gasteiger partial charge in [-0.25, -0.2) is 9.78 Å². The average molecular weight is 488 g/mol. The van der Waals surface area contributed by atoms with Gasteiger partial charge < -0.3 is 15.8 Å². The molecule has 4 aromatic rings. The van der Waals surface area contributed by atoms with Gasteiger partial charge in [0.25, 0.3) is 11.8 Å². The molecule has 0 radical (unpaired) electrons. The maximum absolute atomic E-state index is 13.6. The van der Waals surface area contributed by atoms with Crippen LogP contribution in [0.15, 0.2) is 48.5 Å². The minimum Gasteiger partial charge on any atom is -0.462 e. The zero-order chi connectivity index (χ0) is 25.3. The number of benzene rings is 2. The number of esters is 1. The molecule has 0 unspecified atom stereocenters. The van der Waals surface area contributed by atoms with E-state index >= 15 is 0 Å². The third-order valence-electron chi connectivity index (χ3n) is 5.70. The van der Waals surface area contributed by atoms with Crippen molar-refractivity contribution in [3.63, 3.8) is 0 Å². The minimum atomic E-state index is -0.676. The molecule has 2 aromatic heterocycles. The van der Waals surface area contributed by atoms with Gasteiger partial charge in [-0.3, -0.25) is 9.59 Å². The molecular weight excluding hydrogens is 462 g/mol. The van der Waals surface area contributed by atoms with Gasteiger partial charge >= 0.3 is 5.97 Å². The number of fused-ring (bicyclic) bond motifs is 1. The number of thiophene rings is 1. The quantitative estimate of drug-likeness (QED) is 0.353. The van der Waals surface area contributed by atoms with Crippen LogP contribution < -0.4 is 11.1 Å². The molecule has 7 nitrogen and oxygen atoms in total. The zero-order valence-electron chi connectivity index (χ0n) is 19.9. The second-order valence-electron chi connectivity index (χ2n) is 8.19. The number of pyridine rings is 1. The third-order valence-corrected chi connectivity index (χ3v) is 6.92. The number of hydrogen-bond donors (Lipinski definition) is 2. The Kier molecular flexibility index (Phi) is 6.66. The van der Waals surface area contributed by atoms with Crippen LogP contribution in [0.25, 0.3) is 22.2 Å². The second kappa shape index (κ2) is 9.68. The highest BCUT2D eigenvalue weighted by Gasteiger charge is 2.26. The Hall–Kier alpha value is -4.04. The molecule has 8 heteroatoms. The Labute approximate surface area is 206 Å². The first-order chi connectivity index (χ1) is 16.7. The summed E-state index contributed by atoms with van der Waals surface area (Å²) in [5.74, 6) is -1.73. The standard InChI is InChI=1S/C27H25N3O4S/c1-5-34-27(33)22-16(4)23(24(28)31)35-26(22)30-25(32)19-13-21(17-11-10-14(2)12-15(17)3)29-20-9-7-6-8-18(19)20/h6-13H,5H2,1-4H3,(H2,28,31)(H,30,32). The average Bonchev–Trinajstić information content (AvgIpc) is 3.14. The van der Waals surface area contributed by atoms with E-state index in [1.165, 1.54) is 0 Å². The van der Waals surface area contributed by atoms with Crippen molar-refractivity contribution < 1.29 is 19.1 Å². The fourth-order valence-electron chi connectivity index (χ4n) is 4.06. The highest BCUT2D eigenvalue weighted by Crippen LogP contribution is 2.35. The van der Waals surface area contributed by atoms with Crippen molar-refractivity contribution in [3.8, 4) is 11.3 Å². The van der Waals surface area contributed by atoms with E-state index in [1.807, 2.05) is 50.2 Å². The molecule has 3 N–H and O–H groups in total. The van der Waals surface area contributed by atoms with Crippen molar-refractivity contribution in [1.29, 1.82) is 0 Å². The van der Waals surface area contributed by atoms with Crippen LogP contribution in [0.2, 0.25) is 0 Å². The number of aromatic nitrogens is 1. The van der Waals surface area contributed by atoms with Gasteiger partial charge in [-0.1, -0.05) is 42.0 Å². The predicted molar refractivity (Wildman–Crippen MR) is 138 cm³/mol. The molecular formula is C27H25N3O4S. The summed E-state index contributed by atoms with van der Waals surface area (Å²) in [6.45, 7) is 7.48. The van der Waals surface area contributed by atoms with E-state index in [4.69, 9.17) is 15.5 Å². The summed E-state index contributed by atoms with van der Waals surface area (Å²) >= 11 is 0.958. The van der Waals surface area contributed by atoms with Gasteiger partial charge in [0.05, 0.1) is 33.8 Å². The molecule has 0 aliphatic rings. The molecule has 0 saturated heterocycles. The fraction of sp³-hybridized carbons (Fsp3) is 0.185. The van der Waals surface area contributed by atoms with Crippen LogP contribution in [0.5, 0.6) is 0 Å². The molecule has 0 spiro atoms. The molecule has 0 aliphatic heterocycles. The van der Waals surface area contributed by atoms with Crippen molar-refractivity contribution in [1.82, 2.24) is 4.98 Å². The Bertz CT molecular complexity index is 1490. The third kappa shape index (κ3) is 4.65. The van der Waals surface area contributed by atoms with E-state index in [0.29, 0.717) is 27.7 Å². The Morgan fingerprint density at radius 3 is 2.49 bits per heavy atom. The van der Waals surface area contributed by atoms with Gasteiger partial charge in [0, 0.05) is 10.9 Å². The van der Waals surface area contributed by atoms with Crippen LogP contribution in [-0.2, 0) is 4.74 Å². The summed E-state index contributed by atoms with van der Waals surface area (Å²) in [6.07, 6.45) is 0. The maximum Gasteiger partial charge on any atom is 0.341 e. The summed E-state index contributed by atoms with van der Waals surface area (Å²) < 4.78 is 5.15. The van der Waals surface area contributed by atoms with Crippen LogP contribution >= 0.6 is 11.3 Å². The number of hydrogen-bond acceptors (Lipinski definition) is 6. The predicted octanol–water partition coefficient (Wildman–Crippen LogP) is 5.42. The normalized spacial score (nSPS) is 10.9. The van der Waals surface area contributed by atoms with Crippen LogP contribution in [0.4, 0.5) is 5.00 Å². The summed E-state index contributed by atoms with van der Waals surface area (Å²) in [7, 11) is 0. The lowest BCUT2D eigenvalue weighted by Gasteiger charge is -2.12. The van der Waals surface area contributed by atoms with E-state index in [1.54, 1.807) is 19.9 Å². The van der Waals surface area contributed by atoms with Gasteiger partial charge in [0.2, 0.25) is 0 Å². The Morgan fingerprint density at radius 2 is 1.80 bits per heavy atom. The van der Waals surface area contributed by atoms with Gasteiger partial charge in [-0.2, -0.15) is 0 Å². The molecule has 2 aromatic carbocycles. The van der Waals surface area contributed by atoms with Crippen LogP contribution in [-0.4, -0.2) is 29.4 Å². The first kappa shape index (κ1) is 24.1. The van der Waals surface area contributed by atoms with Crippen molar-refractivity contribution >= 4 is 45.0 Å². The van der Waals surface area contributed by atoms with E-state index in [0.717, 1.165) is 28.0 Å². The molecule has 2 heterocycles. The fourth-order valence-corrected chi connectivity index (χ4v) is 5.10. The molecule has 35 heavy (non-hydrogen) atoms. The Morgan fingerprint density at radius 1 is 1.06 bits per heavy atom. The topological polar surface area (TPSA) is 111 Å². The summed E-state index contributed by atoms with van der Waals surface area (Å²) in [5, 5.41) is 3.70. The number of aryl methyl sites for hydroxylation is 2. The van der Waals surface area contributed by atoms with E-state index in [9.17, 15) is 14.4 Å². The molecule has 0 aliphatic carbocycles. The first-order valence-electron chi connectivity index (χ1n) is 11.1. The van der Waals surface area contributed by atoms with Gasteiger partial charge in [-0.05, 0) is 51.0 Å². The monoisotopic (exact) mass is 487 g/mol. The highest BCUT2D eigenvalue weighted by molar-refractivity contribution is 7.18. The maximum atomic E-state index is 13.6. The molecule has 0 saturated carbocycles. The summed E-state index contributed by atoms with van der Waals surface area (Å²) in [4.78, 5) is 43.1. The van der Waals surface area contributed by atoms with Gasteiger partial charge in [0.15, 0.2) is 0 Å². The lowest BCUT2D eigenvalue weighted by Crippen LogP contribution is -2.16. The molecule has 0 bridgehead atoms. The molecule has 0 atom stereocenters. The number of anilines is 1. The SMILES string of the molecule is CCOC(=O)c1c(NC(=O)c2cc(-c3ccc(C)cc3C)nc3ccccc23)sc(C(N)=O)c1C. The van der Waals surface area contributed by atoms with E-state index in [-0.39, 0.29) is 22.0 Å². The van der Waals surface area contributed by atoms with E-state index < -0.39 is 17.8 Å². The first-order valence-corrected chi connectivity index (χ1v) is 11.9. The van der Waals surface area contributed by atoms with Crippen molar-refractivity contribution in [2.24, 2.45) is 5.73 Å². The summed E-state index contributed by atoms with van der Waals surface area (Å²) in [5.41, 5.74) is 10.8. The van der Waals surface area contributed by atoms with Gasteiger partial charge in [0.1, 0.15) is 5.00 Å². The van der Waals surface area contributed by atoms with Crippen molar-refractivity contribution in [2.75, 3.05) is 11.9 Å². The molecule has 2 amide bonds. The van der Waals surface area contributed by atoms with Gasteiger partial charge in [-0.15, -0.1) is 11.3 Å². The highest BCUT2D eigenvalue weighted by atomic mass is 32.1. The number of primary amides is 1. The smallest absolute Gasteiger partial charge is 0.341 e. The number of para-hydroxylation sites is 1. The number of nitrogens with zero attached hydrogens (tertiary/aromatic N) is 1. The number of carbonyl (C=O) groups excluding carboxylic acids is 3. The number of ether oxygens (including phenoxy) is 1. The largest absolute Gasteiger partial charge is 0.462 e. The van der Waals surface area contributed by atoms with Crippen molar-refractivity contribution in [3.05, 3.63) is 81.2 Å². The number of carbonyl (C=O) groups is 3. The van der Waals surface area contributed by atoms with Crippen molar-refractivity contribution in [2.45, 2.75) is 27.7 Å². The lowest BCUT2D eigenvalue weighted by molar-refractivity contribution is 0.0527. The second-order valence-corrected chi connectivity index (χ2v) is 9.21. The lowest BCUT2D eigenvalue weighted by atomic mass is 9.99. The molecule has 178 valence electrons. The number of nitrogens with two attached hydrogens (primary N) is 1. The molecule has 0 fully saturated rings. The van der Waals surface area contributed by atoms with E-state index in [2.05, 4.69) is 11.4 Å². The molecule has 4 rings (SSSR count). The summed E-state index contributed by atoms with van der Waals surface area (Å²) in [6, 6.07) is 15.2. The van der Waals surface area contributed by atoms with Crippen LogP contribution in [0.1, 0.15) is 54.0 Å². The number of nitrogens with one attached hydrogen (secondary N) is 1. The number of rotatable bonds is 6. The Balaban J connectivity index is 1.83.